The first-order valence-corrected chi connectivity index (χ1v) is 9.88. The van der Waals surface area contributed by atoms with Crippen molar-refractivity contribution < 1.29 is 19.2 Å². The van der Waals surface area contributed by atoms with Crippen LogP contribution in [0.5, 0.6) is 5.75 Å². The molecule has 0 radical (unpaired) electrons. The van der Waals surface area contributed by atoms with Gasteiger partial charge in [0.25, 0.3) is 11.6 Å². The van der Waals surface area contributed by atoms with E-state index in [0.29, 0.717) is 34.2 Å². The van der Waals surface area contributed by atoms with Crippen LogP contribution in [0, 0.1) is 10.1 Å². The number of nitro benzene ring substituents is 1. The average molecular weight is 456 g/mol. The molecule has 0 aliphatic heterocycles. The number of thiazole rings is 1. The second-order valence-electron chi connectivity index (χ2n) is 5.81. The number of methoxy groups -OCH3 is 1. The van der Waals surface area contributed by atoms with Crippen LogP contribution in [0.2, 0.25) is 10.0 Å². The van der Waals surface area contributed by atoms with Crippen molar-refractivity contribution in [3.8, 4) is 5.75 Å². The fourth-order valence-electron chi connectivity index (χ4n) is 2.53. The summed E-state index contributed by atoms with van der Waals surface area (Å²) in [5.41, 5.74) is 0.564. The Morgan fingerprint density at radius 2 is 2.07 bits per heavy atom. The Labute approximate surface area is 179 Å². The van der Waals surface area contributed by atoms with Crippen LogP contribution in [0.15, 0.2) is 41.4 Å². The molecule has 0 saturated carbocycles. The summed E-state index contributed by atoms with van der Waals surface area (Å²) >= 11 is 13.1. The minimum atomic E-state index is -0.525. The third kappa shape index (κ3) is 5.13. The third-order valence-corrected chi connectivity index (χ3v) is 5.45. The molecule has 0 N–H and O–H groups in total. The lowest BCUT2D eigenvalue weighted by Crippen LogP contribution is -2.21. The van der Waals surface area contributed by atoms with Crippen molar-refractivity contribution in [3.05, 3.63) is 61.4 Å². The Hall–Kier alpha value is -2.46. The number of hydrogen-bond donors (Lipinski definition) is 0. The van der Waals surface area contributed by atoms with Crippen molar-refractivity contribution >= 4 is 56.3 Å². The smallest absolute Gasteiger partial charge is 0.286 e. The van der Waals surface area contributed by atoms with Gasteiger partial charge in [-0.2, -0.15) is 4.99 Å². The monoisotopic (exact) mass is 455 g/mol. The molecule has 0 spiro atoms. The molecule has 1 aromatic heterocycles. The number of fused-ring (bicyclic) bond motifs is 1. The van der Waals surface area contributed by atoms with Crippen molar-refractivity contribution in [2.45, 2.75) is 6.54 Å². The molecule has 0 atom stereocenters. The summed E-state index contributed by atoms with van der Waals surface area (Å²) in [4.78, 5) is 27.5. The van der Waals surface area contributed by atoms with Crippen LogP contribution in [0.1, 0.15) is 0 Å². The second-order valence-corrected chi connectivity index (χ2v) is 7.66. The Bertz CT molecular complexity index is 1140. The number of nitro groups is 1. The van der Waals surface area contributed by atoms with Gasteiger partial charge in [0.05, 0.1) is 26.8 Å². The first-order valence-electron chi connectivity index (χ1n) is 8.31. The summed E-state index contributed by atoms with van der Waals surface area (Å²) in [6.45, 7) is 0.417. The normalized spacial score (nSPS) is 11.8. The second kappa shape index (κ2) is 9.36. The summed E-state index contributed by atoms with van der Waals surface area (Å²) in [7, 11) is 1.54. The molecule has 3 aromatic rings. The standard InChI is InChI=1S/C18H15Cl2N3O5S/c1-27-7-6-22-14-9-12(23(25)26)3-5-16(14)29-18(22)21-17(24)10-28-15-4-2-11(19)8-13(15)20/h2-5,8-9H,6-7,10H2,1H3. The minimum absolute atomic E-state index is 0.0416. The number of non-ortho nitro benzene ring substituents is 1. The fraction of sp³-hybridized carbons (Fsp3) is 0.222. The molecule has 0 aliphatic rings. The van der Waals surface area contributed by atoms with Gasteiger partial charge in [0, 0.05) is 30.8 Å². The van der Waals surface area contributed by atoms with Crippen LogP contribution in [-0.2, 0) is 16.1 Å². The molecule has 8 nitrogen and oxygen atoms in total. The predicted octanol–water partition coefficient (Wildman–Crippen LogP) is 4.07. The maximum atomic E-state index is 12.3. The summed E-state index contributed by atoms with van der Waals surface area (Å²) in [5.74, 6) is -0.206. The molecule has 3 rings (SSSR count). The van der Waals surface area contributed by atoms with E-state index in [4.69, 9.17) is 32.7 Å². The summed E-state index contributed by atoms with van der Waals surface area (Å²) < 4.78 is 13.0. The van der Waals surface area contributed by atoms with E-state index in [2.05, 4.69) is 4.99 Å². The highest BCUT2D eigenvalue weighted by Gasteiger charge is 2.13. The highest BCUT2D eigenvalue weighted by molar-refractivity contribution is 7.16. The van der Waals surface area contributed by atoms with Gasteiger partial charge in [-0.1, -0.05) is 34.5 Å². The quantitative estimate of drug-likeness (QED) is 0.395. The summed E-state index contributed by atoms with van der Waals surface area (Å²) in [6.07, 6.45) is 0. The van der Waals surface area contributed by atoms with Crippen LogP contribution >= 0.6 is 34.5 Å². The topological polar surface area (TPSA) is 96.0 Å². The zero-order valence-corrected chi connectivity index (χ0v) is 17.5. The molecule has 11 heteroatoms. The largest absolute Gasteiger partial charge is 0.482 e. The molecule has 1 heterocycles. The number of carbonyl (C=O) groups excluding carboxylic acids is 1. The van der Waals surface area contributed by atoms with Crippen molar-refractivity contribution in [1.82, 2.24) is 4.57 Å². The van der Waals surface area contributed by atoms with Gasteiger partial charge in [0.15, 0.2) is 11.4 Å². The number of aromatic nitrogens is 1. The third-order valence-electron chi connectivity index (χ3n) is 3.86. The molecule has 0 unspecified atom stereocenters. The number of ether oxygens (including phenoxy) is 2. The maximum absolute atomic E-state index is 12.3. The lowest BCUT2D eigenvalue weighted by atomic mass is 10.3. The zero-order valence-electron chi connectivity index (χ0n) is 15.1. The van der Waals surface area contributed by atoms with Crippen molar-refractivity contribution in [2.24, 2.45) is 4.99 Å². The van der Waals surface area contributed by atoms with Crippen LogP contribution < -0.4 is 9.54 Å². The number of benzene rings is 2. The summed E-state index contributed by atoms with van der Waals surface area (Å²) in [5, 5.41) is 11.8. The predicted molar refractivity (Wildman–Crippen MR) is 111 cm³/mol. The van der Waals surface area contributed by atoms with E-state index >= 15 is 0 Å². The molecule has 0 bridgehead atoms. The lowest BCUT2D eigenvalue weighted by Gasteiger charge is -2.06. The van der Waals surface area contributed by atoms with Gasteiger partial charge >= 0.3 is 0 Å². The molecule has 0 fully saturated rings. The molecule has 0 saturated heterocycles. The lowest BCUT2D eigenvalue weighted by molar-refractivity contribution is -0.384. The Kier molecular flexibility index (Phi) is 6.86. The highest BCUT2D eigenvalue weighted by Crippen LogP contribution is 2.27. The SMILES string of the molecule is COCCn1c(=NC(=O)COc2ccc(Cl)cc2Cl)sc2ccc([N+](=O)[O-])cc21. The number of carbonyl (C=O) groups is 1. The highest BCUT2D eigenvalue weighted by atomic mass is 35.5. The van der Waals surface area contributed by atoms with Gasteiger partial charge in [-0.05, 0) is 24.3 Å². The Morgan fingerprint density at radius 3 is 2.76 bits per heavy atom. The van der Waals surface area contributed by atoms with Gasteiger partial charge in [-0.3, -0.25) is 14.9 Å². The Balaban J connectivity index is 1.90. The summed E-state index contributed by atoms with van der Waals surface area (Å²) in [6, 6.07) is 9.18. The van der Waals surface area contributed by atoms with Gasteiger partial charge in [-0.15, -0.1) is 0 Å². The van der Waals surface area contributed by atoms with Crippen molar-refractivity contribution in [2.75, 3.05) is 20.3 Å². The Morgan fingerprint density at radius 1 is 1.28 bits per heavy atom. The van der Waals surface area contributed by atoms with Gasteiger partial charge in [-0.25, -0.2) is 0 Å². The van der Waals surface area contributed by atoms with E-state index in [-0.39, 0.29) is 17.3 Å². The van der Waals surface area contributed by atoms with E-state index < -0.39 is 10.8 Å². The molecule has 2 aromatic carbocycles. The van der Waals surface area contributed by atoms with E-state index in [0.717, 1.165) is 4.70 Å². The van der Waals surface area contributed by atoms with Crippen LogP contribution in [0.3, 0.4) is 0 Å². The van der Waals surface area contributed by atoms with Crippen molar-refractivity contribution in [1.29, 1.82) is 0 Å². The first-order chi connectivity index (χ1) is 13.9. The van der Waals surface area contributed by atoms with Gasteiger partial charge < -0.3 is 14.0 Å². The number of hydrogen-bond acceptors (Lipinski definition) is 6. The van der Waals surface area contributed by atoms with Crippen LogP contribution in [0.4, 0.5) is 5.69 Å². The van der Waals surface area contributed by atoms with Gasteiger partial charge in [0.2, 0.25) is 0 Å². The first kappa shape index (κ1) is 21.3. The molecule has 1 amide bonds. The van der Waals surface area contributed by atoms with E-state index in [1.165, 1.54) is 29.5 Å². The fourth-order valence-corrected chi connectivity index (χ4v) is 4.04. The number of rotatable bonds is 7. The van der Waals surface area contributed by atoms with Gasteiger partial charge in [0.1, 0.15) is 5.75 Å². The molecule has 0 aliphatic carbocycles. The van der Waals surface area contributed by atoms with E-state index in [1.807, 2.05) is 0 Å². The van der Waals surface area contributed by atoms with Crippen molar-refractivity contribution in [3.63, 3.8) is 0 Å². The van der Waals surface area contributed by atoms with E-state index in [9.17, 15) is 14.9 Å². The molecular formula is C18H15Cl2N3O5S. The molecular weight excluding hydrogens is 441 g/mol. The molecule has 29 heavy (non-hydrogen) atoms. The van der Waals surface area contributed by atoms with Crippen LogP contribution in [0.25, 0.3) is 10.2 Å². The minimum Gasteiger partial charge on any atom is -0.482 e. The number of nitrogens with zero attached hydrogens (tertiary/aromatic N) is 3. The molecule has 152 valence electrons. The zero-order chi connectivity index (χ0) is 21.0. The number of halogens is 2. The van der Waals surface area contributed by atoms with Crippen LogP contribution in [-0.4, -0.2) is 35.7 Å². The average Bonchev–Trinajstić information content (AvgIpc) is 3.01. The number of amides is 1. The van der Waals surface area contributed by atoms with E-state index in [1.54, 1.807) is 29.9 Å². The maximum Gasteiger partial charge on any atom is 0.286 e.